The SMILES string of the molecule is COC(=O)c1c(NC(=S)N2CCN(C(=O)c3ccco3)CC2)sc(C(=O)N(C)C)c1C. The van der Waals surface area contributed by atoms with E-state index in [2.05, 4.69) is 5.32 Å². The summed E-state index contributed by atoms with van der Waals surface area (Å²) in [7, 11) is 4.60. The number of anilines is 1. The number of furan rings is 1. The number of amides is 2. The van der Waals surface area contributed by atoms with Gasteiger partial charge in [-0.1, -0.05) is 0 Å². The van der Waals surface area contributed by atoms with Crippen LogP contribution in [0.2, 0.25) is 0 Å². The van der Waals surface area contributed by atoms with Gasteiger partial charge >= 0.3 is 5.97 Å². The van der Waals surface area contributed by atoms with Gasteiger partial charge in [0.05, 0.1) is 23.8 Å². The minimum Gasteiger partial charge on any atom is -0.465 e. The van der Waals surface area contributed by atoms with Gasteiger partial charge in [-0.3, -0.25) is 9.59 Å². The molecule has 0 aliphatic carbocycles. The van der Waals surface area contributed by atoms with Gasteiger partial charge in [0, 0.05) is 40.3 Å². The summed E-state index contributed by atoms with van der Waals surface area (Å²) in [5.74, 6) is -0.580. The number of ether oxygens (including phenoxy) is 1. The third-order valence-corrected chi connectivity index (χ3v) is 6.50. The second-order valence-electron chi connectivity index (χ2n) is 7.14. The van der Waals surface area contributed by atoms with E-state index in [1.54, 1.807) is 38.1 Å². The molecule has 0 saturated carbocycles. The molecule has 2 aromatic heterocycles. The number of nitrogens with one attached hydrogen (secondary N) is 1. The van der Waals surface area contributed by atoms with E-state index in [0.717, 1.165) is 0 Å². The lowest BCUT2D eigenvalue weighted by Gasteiger charge is -2.35. The number of hydrogen-bond donors (Lipinski definition) is 1. The number of piperazine rings is 1. The summed E-state index contributed by atoms with van der Waals surface area (Å²) in [5.41, 5.74) is 0.849. The first-order valence-corrected chi connectivity index (χ1v) is 10.8. The zero-order valence-electron chi connectivity index (χ0n) is 17.8. The Bertz CT molecular complexity index is 992. The lowest BCUT2D eigenvalue weighted by atomic mass is 10.1. The van der Waals surface area contributed by atoms with Crippen molar-refractivity contribution in [3.63, 3.8) is 0 Å². The van der Waals surface area contributed by atoms with Crippen LogP contribution in [-0.2, 0) is 4.74 Å². The van der Waals surface area contributed by atoms with E-state index in [1.807, 2.05) is 4.90 Å². The Morgan fingerprint density at radius 1 is 1.19 bits per heavy atom. The van der Waals surface area contributed by atoms with Gasteiger partial charge < -0.3 is 29.2 Å². The molecule has 0 atom stereocenters. The smallest absolute Gasteiger partial charge is 0.341 e. The van der Waals surface area contributed by atoms with E-state index in [9.17, 15) is 14.4 Å². The molecule has 3 heterocycles. The van der Waals surface area contributed by atoms with Crippen molar-refractivity contribution in [1.29, 1.82) is 0 Å². The number of carbonyl (C=O) groups excluding carboxylic acids is 3. The van der Waals surface area contributed by atoms with Gasteiger partial charge in [-0.2, -0.15) is 0 Å². The van der Waals surface area contributed by atoms with Gasteiger partial charge in [-0.25, -0.2) is 4.79 Å². The second-order valence-corrected chi connectivity index (χ2v) is 8.55. The Balaban J connectivity index is 1.72. The predicted molar refractivity (Wildman–Crippen MR) is 121 cm³/mol. The van der Waals surface area contributed by atoms with Crippen molar-refractivity contribution >= 4 is 51.5 Å². The molecule has 166 valence electrons. The van der Waals surface area contributed by atoms with Crippen molar-refractivity contribution in [3.8, 4) is 0 Å². The summed E-state index contributed by atoms with van der Waals surface area (Å²) >= 11 is 6.71. The molecule has 1 aliphatic heterocycles. The van der Waals surface area contributed by atoms with E-state index in [1.165, 1.54) is 29.6 Å². The quantitative estimate of drug-likeness (QED) is 0.544. The molecular weight excluding hydrogens is 440 g/mol. The second kappa shape index (κ2) is 9.48. The van der Waals surface area contributed by atoms with E-state index in [-0.39, 0.29) is 11.8 Å². The highest BCUT2D eigenvalue weighted by atomic mass is 32.1. The summed E-state index contributed by atoms with van der Waals surface area (Å²) in [6.45, 7) is 3.74. The number of carbonyl (C=O) groups is 3. The first-order valence-electron chi connectivity index (χ1n) is 9.56. The molecular formula is C20H24N4O5S2. The normalized spacial score (nSPS) is 13.7. The largest absolute Gasteiger partial charge is 0.465 e. The number of thiophene rings is 1. The van der Waals surface area contributed by atoms with Crippen LogP contribution in [-0.4, -0.2) is 85.0 Å². The lowest BCUT2D eigenvalue weighted by molar-refractivity contribution is 0.0600. The number of rotatable bonds is 4. The summed E-state index contributed by atoms with van der Waals surface area (Å²) in [5, 5.41) is 3.99. The maximum atomic E-state index is 12.5. The van der Waals surface area contributed by atoms with Crippen molar-refractivity contribution < 1.29 is 23.5 Å². The number of thiocarbonyl (C=S) groups is 1. The molecule has 0 spiro atoms. The van der Waals surface area contributed by atoms with Crippen molar-refractivity contribution in [2.24, 2.45) is 0 Å². The molecule has 0 aromatic carbocycles. The Morgan fingerprint density at radius 2 is 1.84 bits per heavy atom. The monoisotopic (exact) mass is 464 g/mol. The van der Waals surface area contributed by atoms with Crippen molar-refractivity contribution in [1.82, 2.24) is 14.7 Å². The van der Waals surface area contributed by atoms with E-state index >= 15 is 0 Å². The summed E-state index contributed by atoms with van der Waals surface area (Å²) < 4.78 is 10.1. The zero-order chi connectivity index (χ0) is 22.7. The molecule has 1 saturated heterocycles. The highest BCUT2D eigenvalue weighted by Gasteiger charge is 2.29. The van der Waals surface area contributed by atoms with Crippen molar-refractivity contribution in [2.45, 2.75) is 6.92 Å². The van der Waals surface area contributed by atoms with Crippen LogP contribution >= 0.6 is 23.6 Å². The molecule has 11 heteroatoms. The molecule has 2 aromatic rings. The number of hydrogen-bond acceptors (Lipinski definition) is 7. The number of methoxy groups -OCH3 is 1. The standard InChI is InChI=1S/C20H24N4O5S2/c1-12-14(19(27)28-4)16(31-15(12)18(26)22(2)3)21-20(30)24-9-7-23(8-10-24)17(25)13-6-5-11-29-13/h5-6,11H,7-10H2,1-4H3,(H,21,30). The fourth-order valence-corrected chi connectivity index (χ4v) is 4.77. The van der Waals surface area contributed by atoms with E-state index < -0.39 is 5.97 Å². The van der Waals surface area contributed by atoms with Crippen LogP contribution in [0.3, 0.4) is 0 Å². The first-order chi connectivity index (χ1) is 14.7. The van der Waals surface area contributed by atoms with Gasteiger partial charge in [0.2, 0.25) is 0 Å². The molecule has 0 unspecified atom stereocenters. The minimum atomic E-state index is -0.536. The predicted octanol–water partition coefficient (Wildman–Crippen LogP) is 2.29. The highest BCUT2D eigenvalue weighted by molar-refractivity contribution is 7.80. The minimum absolute atomic E-state index is 0.155. The molecule has 3 rings (SSSR count). The highest BCUT2D eigenvalue weighted by Crippen LogP contribution is 2.34. The fourth-order valence-electron chi connectivity index (χ4n) is 3.20. The zero-order valence-corrected chi connectivity index (χ0v) is 19.4. The Morgan fingerprint density at radius 3 is 2.39 bits per heavy atom. The molecule has 1 N–H and O–H groups in total. The van der Waals surface area contributed by atoms with E-state index in [4.69, 9.17) is 21.4 Å². The van der Waals surface area contributed by atoms with Crippen LogP contribution in [0.25, 0.3) is 0 Å². The Kier molecular flexibility index (Phi) is 6.96. The molecule has 2 amide bonds. The molecule has 0 radical (unpaired) electrons. The number of nitrogens with zero attached hydrogens (tertiary/aromatic N) is 3. The fraction of sp³-hybridized carbons (Fsp3) is 0.400. The maximum absolute atomic E-state index is 12.5. The topological polar surface area (TPSA) is 95.3 Å². The van der Waals surface area contributed by atoms with Crippen LogP contribution in [0.1, 0.15) is 36.1 Å². The average Bonchev–Trinajstić information content (AvgIpc) is 3.40. The Hall–Kier alpha value is -2.92. The van der Waals surface area contributed by atoms with Gasteiger partial charge in [0.25, 0.3) is 11.8 Å². The summed E-state index contributed by atoms with van der Waals surface area (Å²) in [6, 6.07) is 3.32. The van der Waals surface area contributed by atoms with Gasteiger partial charge in [-0.05, 0) is 36.8 Å². The first kappa shape index (κ1) is 22.8. The average molecular weight is 465 g/mol. The third-order valence-electron chi connectivity index (χ3n) is 4.94. The molecule has 9 nitrogen and oxygen atoms in total. The van der Waals surface area contributed by atoms with Crippen molar-refractivity contribution in [2.75, 3.05) is 52.7 Å². The molecule has 1 aliphatic rings. The number of esters is 1. The Labute approximate surface area is 189 Å². The van der Waals surface area contributed by atoms with Gasteiger partial charge in [0.15, 0.2) is 10.9 Å². The summed E-state index contributed by atoms with van der Waals surface area (Å²) in [4.78, 5) is 42.8. The molecule has 1 fully saturated rings. The van der Waals surface area contributed by atoms with Crippen LogP contribution in [0.15, 0.2) is 22.8 Å². The summed E-state index contributed by atoms with van der Waals surface area (Å²) in [6.07, 6.45) is 1.47. The van der Waals surface area contributed by atoms with Gasteiger partial charge in [-0.15, -0.1) is 11.3 Å². The maximum Gasteiger partial charge on any atom is 0.341 e. The van der Waals surface area contributed by atoms with Crippen molar-refractivity contribution in [3.05, 3.63) is 40.2 Å². The lowest BCUT2D eigenvalue weighted by Crippen LogP contribution is -2.51. The van der Waals surface area contributed by atoms with Gasteiger partial charge in [0.1, 0.15) is 5.00 Å². The van der Waals surface area contributed by atoms with E-state index in [0.29, 0.717) is 58.1 Å². The molecule has 31 heavy (non-hydrogen) atoms. The van der Waals surface area contributed by atoms with Crippen LogP contribution in [0, 0.1) is 6.92 Å². The van der Waals surface area contributed by atoms with Crippen LogP contribution < -0.4 is 5.32 Å². The van der Waals surface area contributed by atoms with Crippen LogP contribution in [0.5, 0.6) is 0 Å². The third kappa shape index (κ3) is 4.72. The molecule has 0 bridgehead atoms. The van der Waals surface area contributed by atoms with Crippen LogP contribution in [0.4, 0.5) is 5.00 Å².